The standard InChI is InChI=1S/C43H83NO8/c1-3-5-7-9-11-13-15-17-18-19-20-21-22-24-26-28-30-32-37(46)36(35-51-43-42(50)41(49)40(48)38(34-45)52-43)44-39(47)33-31-29-27-25-23-16-14-12-10-8-6-4-2/h30,32,36-38,40-43,45-46,48-50H,3-29,31,33-35H2,1-2H3,(H,44,47)/b32-30+/t36-,37+,38+,40-,41?,42?,43+/m0/s1. The van der Waals surface area contributed by atoms with Crippen LogP contribution in [0.2, 0.25) is 0 Å². The van der Waals surface area contributed by atoms with Crippen molar-refractivity contribution in [3.05, 3.63) is 12.2 Å². The van der Waals surface area contributed by atoms with Crippen LogP contribution in [0.15, 0.2) is 12.2 Å². The van der Waals surface area contributed by atoms with Gasteiger partial charge in [0, 0.05) is 6.42 Å². The van der Waals surface area contributed by atoms with E-state index in [1.54, 1.807) is 6.08 Å². The molecule has 1 saturated heterocycles. The van der Waals surface area contributed by atoms with Crippen LogP contribution in [0, 0.1) is 0 Å². The second-order valence-corrected chi connectivity index (χ2v) is 15.5. The molecule has 1 rings (SSSR count). The average molecular weight is 742 g/mol. The zero-order chi connectivity index (χ0) is 38.1. The predicted molar refractivity (Wildman–Crippen MR) is 212 cm³/mol. The van der Waals surface area contributed by atoms with Gasteiger partial charge in [-0.1, -0.05) is 187 Å². The predicted octanol–water partition coefficient (Wildman–Crippen LogP) is 8.56. The molecule has 0 saturated carbocycles. The van der Waals surface area contributed by atoms with Crippen LogP contribution in [0.25, 0.3) is 0 Å². The lowest BCUT2D eigenvalue weighted by molar-refractivity contribution is -0.302. The highest BCUT2D eigenvalue weighted by Crippen LogP contribution is 2.22. The number of carbonyl (C=O) groups excluding carboxylic acids is 1. The normalized spacial score (nSPS) is 21.9. The first-order valence-corrected chi connectivity index (χ1v) is 21.9. The first-order chi connectivity index (χ1) is 25.3. The number of nitrogens with one attached hydrogen (secondary N) is 1. The largest absolute Gasteiger partial charge is 0.394 e. The fourth-order valence-corrected chi connectivity index (χ4v) is 7.04. The van der Waals surface area contributed by atoms with Gasteiger partial charge in [-0.15, -0.1) is 0 Å². The fourth-order valence-electron chi connectivity index (χ4n) is 7.04. The number of allylic oxidation sites excluding steroid dienone is 1. The van der Waals surface area contributed by atoms with Crippen LogP contribution >= 0.6 is 0 Å². The van der Waals surface area contributed by atoms with Crippen molar-refractivity contribution in [1.82, 2.24) is 5.32 Å². The summed E-state index contributed by atoms with van der Waals surface area (Å²) in [4.78, 5) is 12.9. The number of rotatable bonds is 36. The van der Waals surface area contributed by atoms with Crippen molar-refractivity contribution in [3.63, 3.8) is 0 Å². The lowest BCUT2D eigenvalue weighted by atomic mass is 9.99. The smallest absolute Gasteiger partial charge is 0.220 e. The summed E-state index contributed by atoms with van der Waals surface area (Å²) in [6, 6.07) is -0.797. The Morgan fingerprint density at radius 1 is 0.635 bits per heavy atom. The second kappa shape index (κ2) is 34.4. The van der Waals surface area contributed by atoms with Crippen LogP contribution in [0.1, 0.15) is 200 Å². The number of carbonyl (C=O) groups is 1. The van der Waals surface area contributed by atoms with Crippen LogP contribution < -0.4 is 5.32 Å². The minimum Gasteiger partial charge on any atom is -0.394 e. The maximum atomic E-state index is 12.9. The zero-order valence-electron chi connectivity index (χ0n) is 33.6. The molecule has 1 aliphatic rings. The third-order valence-electron chi connectivity index (χ3n) is 10.6. The molecule has 6 N–H and O–H groups in total. The van der Waals surface area contributed by atoms with E-state index in [1.807, 2.05) is 6.08 Å². The Bertz CT molecular complexity index is 827. The monoisotopic (exact) mass is 742 g/mol. The summed E-state index contributed by atoms with van der Waals surface area (Å²) < 4.78 is 11.2. The number of aliphatic hydroxyl groups excluding tert-OH is 5. The summed E-state index contributed by atoms with van der Waals surface area (Å²) in [6.45, 7) is 3.77. The molecule has 0 spiro atoms. The number of amides is 1. The van der Waals surface area contributed by atoms with Crippen molar-refractivity contribution in [1.29, 1.82) is 0 Å². The molecule has 9 heteroatoms. The Balaban J connectivity index is 2.38. The molecule has 2 unspecified atom stereocenters. The number of aliphatic hydroxyl groups is 5. The number of unbranched alkanes of at least 4 members (excludes halogenated alkanes) is 26. The molecule has 1 aliphatic heterocycles. The van der Waals surface area contributed by atoms with Crippen molar-refractivity contribution in [3.8, 4) is 0 Å². The van der Waals surface area contributed by atoms with Gasteiger partial charge in [-0.3, -0.25) is 4.79 Å². The van der Waals surface area contributed by atoms with E-state index in [0.717, 1.165) is 38.5 Å². The Labute approximate surface area is 318 Å². The average Bonchev–Trinajstić information content (AvgIpc) is 3.14. The molecular weight excluding hydrogens is 658 g/mol. The molecule has 0 aromatic carbocycles. The lowest BCUT2D eigenvalue weighted by Gasteiger charge is -2.40. The van der Waals surface area contributed by atoms with Crippen LogP contribution in [0.4, 0.5) is 0 Å². The minimum absolute atomic E-state index is 0.177. The van der Waals surface area contributed by atoms with Gasteiger partial charge in [0.1, 0.15) is 24.4 Å². The highest BCUT2D eigenvalue weighted by atomic mass is 16.7. The Morgan fingerprint density at radius 3 is 1.50 bits per heavy atom. The van der Waals surface area contributed by atoms with E-state index in [9.17, 15) is 30.3 Å². The molecule has 1 fully saturated rings. The Kier molecular flexibility index (Phi) is 32.4. The van der Waals surface area contributed by atoms with Crippen molar-refractivity contribution in [2.75, 3.05) is 13.2 Å². The molecule has 0 aliphatic carbocycles. The van der Waals surface area contributed by atoms with E-state index >= 15 is 0 Å². The maximum absolute atomic E-state index is 12.9. The SMILES string of the molecule is CCCCCCCCCCCCCCCCC/C=C/[C@@H](O)[C@H](CO[C@@H]1O[C@H](CO)[C@H](O)C(O)C1O)NC(=O)CCCCCCCCCCCCCC. The molecule has 52 heavy (non-hydrogen) atoms. The first kappa shape index (κ1) is 48.9. The van der Waals surface area contributed by atoms with Gasteiger partial charge in [0.25, 0.3) is 0 Å². The number of ether oxygens (including phenoxy) is 2. The number of hydrogen-bond acceptors (Lipinski definition) is 8. The van der Waals surface area contributed by atoms with Crippen molar-refractivity contribution < 1.29 is 39.8 Å². The van der Waals surface area contributed by atoms with Crippen molar-refractivity contribution in [2.45, 2.75) is 243 Å². The molecule has 0 aromatic rings. The van der Waals surface area contributed by atoms with Crippen molar-refractivity contribution >= 4 is 5.91 Å². The van der Waals surface area contributed by atoms with Gasteiger partial charge in [-0.25, -0.2) is 0 Å². The van der Waals surface area contributed by atoms with Gasteiger partial charge >= 0.3 is 0 Å². The van der Waals surface area contributed by atoms with E-state index in [0.29, 0.717) is 6.42 Å². The summed E-state index contributed by atoms with van der Waals surface area (Å²) >= 11 is 0. The Hall–Kier alpha value is -1.07. The van der Waals surface area contributed by atoms with E-state index < -0.39 is 49.5 Å². The molecule has 0 radical (unpaired) electrons. The third-order valence-corrected chi connectivity index (χ3v) is 10.6. The van der Waals surface area contributed by atoms with E-state index in [1.165, 1.54) is 141 Å². The van der Waals surface area contributed by atoms with Crippen LogP contribution in [0.5, 0.6) is 0 Å². The van der Waals surface area contributed by atoms with Gasteiger partial charge in [0.2, 0.25) is 5.91 Å². The van der Waals surface area contributed by atoms with Gasteiger partial charge in [-0.2, -0.15) is 0 Å². The highest BCUT2D eigenvalue weighted by Gasteiger charge is 2.44. The van der Waals surface area contributed by atoms with E-state index in [2.05, 4.69) is 19.2 Å². The van der Waals surface area contributed by atoms with E-state index in [-0.39, 0.29) is 12.5 Å². The molecule has 1 amide bonds. The molecule has 1 heterocycles. The third kappa shape index (κ3) is 25.1. The van der Waals surface area contributed by atoms with Gasteiger partial charge in [-0.05, 0) is 19.3 Å². The van der Waals surface area contributed by atoms with E-state index in [4.69, 9.17) is 9.47 Å². The topological polar surface area (TPSA) is 149 Å². The van der Waals surface area contributed by atoms with Gasteiger partial charge in [0.15, 0.2) is 6.29 Å². The molecule has 7 atom stereocenters. The first-order valence-electron chi connectivity index (χ1n) is 21.9. The molecule has 308 valence electrons. The summed E-state index contributed by atoms with van der Waals surface area (Å²) in [5.74, 6) is -0.177. The second-order valence-electron chi connectivity index (χ2n) is 15.5. The molecule has 0 aromatic heterocycles. The lowest BCUT2D eigenvalue weighted by Crippen LogP contribution is -2.60. The highest BCUT2D eigenvalue weighted by molar-refractivity contribution is 5.76. The molecule has 9 nitrogen and oxygen atoms in total. The fraction of sp³-hybridized carbons (Fsp3) is 0.930. The summed E-state index contributed by atoms with van der Waals surface area (Å²) in [5.41, 5.74) is 0. The zero-order valence-corrected chi connectivity index (χ0v) is 33.6. The number of hydrogen-bond donors (Lipinski definition) is 6. The summed E-state index contributed by atoms with van der Waals surface area (Å²) in [7, 11) is 0. The quantitative estimate of drug-likeness (QED) is 0.0277. The van der Waals surface area contributed by atoms with Gasteiger partial charge < -0.3 is 40.3 Å². The van der Waals surface area contributed by atoms with Crippen LogP contribution in [0.3, 0.4) is 0 Å². The van der Waals surface area contributed by atoms with Crippen LogP contribution in [-0.2, 0) is 14.3 Å². The Morgan fingerprint density at radius 2 is 1.06 bits per heavy atom. The van der Waals surface area contributed by atoms with Crippen molar-refractivity contribution in [2.24, 2.45) is 0 Å². The summed E-state index contributed by atoms with van der Waals surface area (Å²) in [5, 5.41) is 54.1. The maximum Gasteiger partial charge on any atom is 0.220 e. The molecular formula is C43H83NO8. The van der Waals surface area contributed by atoms with Gasteiger partial charge in [0.05, 0.1) is 25.4 Å². The van der Waals surface area contributed by atoms with Crippen LogP contribution in [-0.4, -0.2) is 87.5 Å². The summed E-state index contributed by atoms with van der Waals surface area (Å²) in [6.07, 6.45) is 31.1. The molecule has 0 bridgehead atoms. The minimum atomic E-state index is -1.56.